The minimum Gasteiger partial charge on any atom is -0.457 e. The molecule has 0 aromatic carbocycles. The summed E-state index contributed by atoms with van der Waals surface area (Å²) in [5, 5.41) is 3.30. The molecule has 0 unspecified atom stereocenters. The Bertz CT molecular complexity index is 364. The molecule has 1 aliphatic rings. The minimum absolute atomic E-state index is 0.0315. The number of furan rings is 1. The Labute approximate surface area is 96.7 Å². The van der Waals surface area contributed by atoms with E-state index in [0.717, 1.165) is 19.6 Å². The molecule has 1 atom stereocenters. The molecule has 0 radical (unpaired) electrons. The minimum atomic E-state index is 0.0315. The molecule has 2 heterocycles. The largest absolute Gasteiger partial charge is 0.457 e. The topological polar surface area (TPSA) is 45.5 Å². The van der Waals surface area contributed by atoms with Gasteiger partial charge in [-0.1, -0.05) is 0 Å². The number of amides is 1. The molecule has 5 heteroatoms. The molecule has 2 rings (SSSR count). The maximum absolute atomic E-state index is 12.0. The van der Waals surface area contributed by atoms with Gasteiger partial charge in [0.15, 0.2) is 4.67 Å². The SMILES string of the molecule is C[C@@H]1CN(C(=O)c2ccoc2Br)CCN1. The third-order valence-corrected chi connectivity index (χ3v) is 3.12. The van der Waals surface area contributed by atoms with E-state index in [1.54, 1.807) is 6.07 Å². The Morgan fingerprint density at radius 3 is 3.13 bits per heavy atom. The van der Waals surface area contributed by atoms with Gasteiger partial charge in [0.1, 0.15) is 0 Å². The molecule has 1 saturated heterocycles. The summed E-state index contributed by atoms with van der Waals surface area (Å²) in [5.41, 5.74) is 0.601. The van der Waals surface area contributed by atoms with Crippen molar-refractivity contribution in [3.8, 4) is 0 Å². The second-order valence-corrected chi connectivity index (χ2v) is 4.43. The van der Waals surface area contributed by atoms with Crippen LogP contribution in [0.25, 0.3) is 0 Å². The molecule has 1 aliphatic heterocycles. The van der Waals surface area contributed by atoms with Crippen molar-refractivity contribution >= 4 is 21.8 Å². The van der Waals surface area contributed by atoms with Crippen molar-refractivity contribution in [2.24, 2.45) is 0 Å². The zero-order valence-electron chi connectivity index (χ0n) is 8.50. The molecule has 0 spiro atoms. The standard InChI is InChI=1S/C10H13BrN2O2/c1-7-6-13(4-3-12-7)10(14)8-2-5-15-9(8)11/h2,5,7,12H,3-4,6H2,1H3/t7-/m1/s1. The maximum atomic E-state index is 12.0. The average Bonchev–Trinajstić information content (AvgIpc) is 2.63. The first-order valence-corrected chi connectivity index (χ1v) is 5.73. The van der Waals surface area contributed by atoms with Gasteiger partial charge in [-0.15, -0.1) is 0 Å². The first-order valence-electron chi connectivity index (χ1n) is 4.94. The first-order chi connectivity index (χ1) is 7.18. The smallest absolute Gasteiger partial charge is 0.258 e. The number of halogens is 1. The van der Waals surface area contributed by atoms with Crippen LogP contribution in [0.2, 0.25) is 0 Å². The maximum Gasteiger partial charge on any atom is 0.258 e. The zero-order chi connectivity index (χ0) is 10.8. The van der Waals surface area contributed by atoms with Gasteiger partial charge in [0.25, 0.3) is 5.91 Å². The lowest BCUT2D eigenvalue weighted by Crippen LogP contribution is -2.51. The van der Waals surface area contributed by atoms with Crippen molar-refractivity contribution in [1.82, 2.24) is 10.2 Å². The van der Waals surface area contributed by atoms with E-state index < -0.39 is 0 Å². The second-order valence-electron chi connectivity index (χ2n) is 3.71. The summed E-state index contributed by atoms with van der Waals surface area (Å²) in [7, 11) is 0. The van der Waals surface area contributed by atoms with Crippen LogP contribution in [0.5, 0.6) is 0 Å². The highest BCUT2D eigenvalue weighted by Gasteiger charge is 2.23. The Morgan fingerprint density at radius 1 is 1.73 bits per heavy atom. The number of carbonyl (C=O) groups excluding carboxylic acids is 1. The summed E-state index contributed by atoms with van der Waals surface area (Å²) in [5.74, 6) is 0.0315. The van der Waals surface area contributed by atoms with Crippen molar-refractivity contribution in [2.45, 2.75) is 13.0 Å². The lowest BCUT2D eigenvalue weighted by atomic mass is 10.2. The highest BCUT2D eigenvalue weighted by Crippen LogP contribution is 2.19. The first kappa shape index (κ1) is 10.7. The summed E-state index contributed by atoms with van der Waals surface area (Å²) >= 11 is 3.22. The number of nitrogens with one attached hydrogen (secondary N) is 1. The van der Waals surface area contributed by atoms with Crippen molar-refractivity contribution in [2.75, 3.05) is 19.6 Å². The average molecular weight is 273 g/mol. The van der Waals surface area contributed by atoms with E-state index in [2.05, 4.69) is 28.2 Å². The van der Waals surface area contributed by atoms with E-state index in [4.69, 9.17) is 4.42 Å². The number of hydrogen-bond acceptors (Lipinski definition) is 3. The molecule has 82 valence electrons. The van der Waals surface area contributed by atoms with E-state index in [0.29, 0.717) is 16.3 Å². The third kappa shape index (κ3) is 2.23. The van der Waals surface area contributed by atoms with Crippen molar-refractivity contribution < 1.29 is 9.21 Å². The van der Waals surface area contributed by atoms with Crippen molar-refractivity contribution in [3.63, 3.8) is 0 Å². The van der Waals surface area contributed by atoms with Crippen LogP contribution in [0, 0.1) is 0 Å². The van der Waals surface area contributed by atoms with Crippen LogP contribution in [0.1, 0.15) is 17.3 Å². The van der Waals surface area contributed by atoms with Crippen LogP contribution in [0.15, 0.2) is 21.4 Å². The molecule has 1 amide bonds. The lowest BCUT2D eigenvalue weighted by Gasteiger charge is -2.31. The van der Waals surface area contributed by atoms with E-state index in [9.17, 15) is 4.79 Å². The number of hydrogen-bond donors (Lipinski definition) is 1. The fraction of sp³-hybridized carbons (Fsp3) is 0.500. The monoisotopic (exact) mass is 272 g/mol. The zero-order valence-corrected chi connectivity index (χ0v) is 10.1. The number of carbonyl (C=O) groups is 1. The van der Waals surface area contributed by atoms with Gasteiger partial charge in [-0.05, 0) is 28.9 Å². The number of rotatable bonds is 1. The molecule has 1 fully saturated rings. The summed E-state index contributed by atoms with van der Waals surface area (Å²) < 4.78 is 5.57. The molecule has 0 saturated carbocycles. The molecule has 1 aromatic heterocycles. The highest BCUT2D eigenvalue weighted by atomic mass is 79.9. The lowest BCUT2D eigenvalue weighted by molar-refractivity contribution is 0.0707. The van der Waals surface area contributed by atoms with Gasteiger partial charge >= 0.3 is 0 Å². The molecule has 1 N–H and O–H groups in total. The molecule has 1 aromatic rings. The Hall–Kier alpha value is -0.810. The van der Waals surface area contributed by atoms with Crippen LogP contribution in [-0.4, -0.2) is 36.5 Å². The van der Waals surface area contributed by atoms with Gasteiger partial charge in [-0.2, -0.15) is 0 Å². The van der Waals surface area contributed by atoms with E-state index >= 15 is 0 Å². The summed E-state index contributed by atoms with van der Waals surface area (Å²) in [4.78, 5) is 13.9. The molecule has 15 heavy (non-hydrogen) atoms. The quantitative estimate of drug-likeness (QED) is 0.843. The predicted octanol–water partition coefficient (Wildman–Crippen LogP) is 1.48. The second kappa shape index (κ2) is 4.37. The summed E-state index contributed by atoms with van der Waals surface area (Å²) in [6, 6.07) is 2.05. The van der Waals surface area contributed by atoms with E-state index in [1.165, 1.54) is 6.26 Å². The van der Waals surface area contributed by atoms with Crippen LogP contribution in [-0.2, 0) is 0 Å². The Morgan fingerprint density at radius 2 is 2.53 bits per heavy atom. The molecule has 0 aliphatic carbocycles. The summed E-state index contributed by atoms with van der Waals surface area (Å²) in [6.45, 7) is 4.42. The molecule has 4 nitrogen and oxygen atoms in total. The van der Waals surface area contributed by atoms with Crippen LogP contribution in [0.4, 0.5) is 0 Å². The molecule has 0 bridgehead atoms. The van der Waals surface area contributed by atoms with Crippen molar-refractivity contribution in [1.29, 1.82) is 0 Å². The van der Waals surface area contributed by atoms with E-state index in [-0.39, 0.29) is 5.91 Å². The Balaban J connectivity index is 2.11. The molecular weight excluding hydrogens is 260 g/mol. The molecular formula is C10H13BrN2O2. The van der Waals surface area contributed by atoms with Crippen LogP contribution in [0.3, 0.4) is 0 Å². The Kier molecular flexibility index (Phi) is 3.11. The highest BCUT2D eigenvalue weighted by molar-refractivity contribution is 9.10. The normalized spacial score (nSPS) is 21.7. The van der Waals surface area contributed by atoms with Crippen molar-refractivity contribution in [3.05, 3.63) is 22.6 Å². The van der Waals surface area contributed by atoms with Gasteiger partial charge in [-0.3, -0.25) is 4.79 Å². The van der Waals surface area contributed by atoms with Gasteiger partial charge in [0, 0.05) is 25.7 Å². The number of piperazine rings is 1. The third-order valence-electron chi connectivity index (χ3n) is 2.50. The van der Waals surface area contributed by atoms with E-state index in [1.807, 2.05) is 4.90 Å². The van der Waals surface area contributed by atoms with Crippen LogP contribution >= 0.6 is 15.9 Å². The van der Waals surface area contributed by atoms with Gasteiger partial charge in [0.2, 0.25) is 0 Å². The fourth-order valence-electron chi connectivity index (χ4n) is 1.73. The predicted molar refractivity (Wildman–Crippen MR) is 59.8 cm³/mol. The van der Waals surface area contributed by atoms with Crippen LogP contribution < -0.4 is 5.32 Å². The van der Waals surface area contributed by atoms with Gasteiger partial charge in [-0.25, -0.2) is 0 Å². The number of nitrogens with zero attached hydrogens (tertiary/aromatic N) is 1. The van der Waals surface area contributed by atoms with Gasteiger partial charge in [0.05, 0.1) is 11.8 Å². The van der Waals surface area contributed by atoms with Gasteiger partial charge < -0.3 is 14.6 Å². The summed E-state index contributed by atoms with van der Waals surface area (Å²) in [6.07, 6.45) is 1.52. The fourth-order valence-corrected chi connectivity index (χ4v) is 2.14.